The van der Waals surface area contributed by atoms with Crippen LogP contribution in [0.5, 0.6) is 0 Å². The Hall–Kier alpha value is -1.96. The van der Waals surface area contributed by atoms with Gasteiger partial charge in [-0.15, -0.1) is 11.3 Å². The van der Waals surface area contributed by atoms with Gasteiger partial charge in [-0.25, -0.2) is 4.79 Å². The molecule has 0 aliphatic carbocycles. The summed E-state index contributed by atoms with van der Waals surface area (Å²) in [5, 5.41) is 9.07. The molecule has 1 atom stereocenters. The van der Waals surface area contributed by atoms with Crippen LogP contribution in [0.15, 0.2) is 41.8 Å². The monoisotopic (exact) mass is 378 g/mol. The average Bonchev–Trinajstić information content (AvgIpc) is 3.10. The van der Waals surface area contributed by atoms with Gasteiger partial charge in [-0.2, -0.15) is 0 Å². The topological polar surface area (TPSA) is 54.8 Å². The van der Waals surface area contributed by atoms with Gasteiger partial charge in [0.2, 0.25) is 0 Å². The first-order chi connectivity index (χ1) is 12.0. The second kappa shape index (κ2) is 9.50. The third kappa shape index (κ3) is 5.81. The van der Waals surface area contributed by atoms with E-state index in [2.05, 4.69) is 42.2 Å². The Morgan fingerprint density at radius 2 is 2.00 bits per heavy atom. The number of thiocarbonyl (C=S) groups is 1. The summed E-state index contributed by atoms with van der Waals surface area (Å²) < 4.78 is 4.97. The van der Waals surface area contributed by atoms with Crippen LogP contribution in [-0.4, -0.2) is 38.3 Å². The molecule has 1 heterocycles. The molecule has 134 valence electrons. The molecule has 0 unspecified atom stereocenters. The van der Waals surface area contributed by atoms with Crippen LogP contribution in [0, 0.1) is 0 Å². The van der Waals surface area contributed by atoms with Crippen LogP contribution in [0.4, 0.5) is 5.69 Å². The highest BCUT2D eigenvalue weighted by Gasteiger charge is 2.18. The summed E-state index contributed by atoms with van der Waals surface area (Å²) in [4.78, 5) is 14.3. The lowest BCUT2D eigenvalue weighted by Crippen LogP contribution is -3.06. The Balaban J connectivity index is 1.88. The molecule has 25 heavy (non-hydrogen) atoms. The zero-order chi connectivity index (χ0) is 18.2. The van der Waals surface area contributed by atoms with Crippen molar-refractivity contribution in [1.29, 1.82) is 0 Å². The van der Waals surface area contributed by atoms with E-state index in [0.717, 1.165) is 12.2 Å². The Morgan fingerprint density at radius 3 is 2.56 bits per heavy atom. The number of benzene rings is 1. The zero-order valence-corrected chi connectivity index (χ0v) is 16.3. The third-order valence-electron chi connectivity index (χ3n) is 3.70. The maximum Gasteiger partial charge on any atom is 0.338 e. The van der Waals surface area contributed by atoms with Crippen LogP contribution in [0.3, 0.4) is 0 Å². The summed E-state index contributed by atoms with van der Waals surface area (Å²) in [6, 6.07) is 11.6. The summed E-state index contributed by atoms with van der Waals surface area (Å²) in [6.45, 7) is 2.90. The normalized spacial score (nSPS) is 11.8. The van der Waals surface area contributed by atoms with Crippen LogP contribution < -0.4 is 15.5 Å². The van der Waals surface area contributed by atoms with Gasteiger partial charge in [0.1, 0.15) is 6.04 Å². The molecule has 3 N–H and O–H groups in total. The van der Waals surface area contributed by atoms with Gasteiger partial charge in [0.15, 0.2) is 5.11 Å². The van der Waals surface area contributed by atoms with Crippen LogP contribution >= 0.6 is 23.6 Å². The quantitative estimate of drug-likeness (QED) is 0.509. The number of likely N-dealkylation sites (N-methyl/N-ethyl adjacent to an activating group) is 1. The second-order valence-electron chi connectivity index (χ2n) is 5.78. The molecule has 0 saturated carbocycles. The van der Waals surface area contributed by atoms with Gasteiger partial charge in [-0.1, -0.05) is 6.07 Å². The first kappa shape index (κ1) is 19.4. The highest BCUT2D eigenvalue weighted by atomic mass is 32.1. The minimum Gasteiger partial charge on any atom is -0.462 e. The Morgan fingerprint density at radius 1 is 1.28 bits per heavy atom. The lowest BCUT2D eigenvalue weighted by atomic mass is 10.2. The molecule has 0 aliphatic rings. The highest BCUT2D eigenvalue weighted by Crippen LogP contribution is 2.16. The van der Waals surface area contributed by atoms with E-state index >= 15 is 0 Å². The van der Waals surface area contributed by atoms with E-state index in [1.54, 1.807) is 30.4 Å². The lowest BCUT2D eigenvalue weighted by Gasteiger charge is -2.21. The molecule has 0 aliphatic heterocycles. The number of carbonyl (C=O) groups excluding carboxylic acids is 1. The summed E-state index contributed by atoms with van der Waals surface area (Å²) >= 11 is 7.13. The zero-order valence-electron chi connectivity index (χ0n) is 14.7. The van der Waals surface area contributed by atoms with E-state index < -0.39 is 0 Å². The molecule has 0 radical (unpaired) electrons. The maximum absolute atomic E-state index is 11.6. The van der Waals surface area contributed by atoms with E-state index in [0.29, 0.717) is 23.3 Å². The van der Waals surface area contributed by atoms with Crippen LogP contribution in [0.25, 0.3) is 0 Å². The van der Waals surface area contributed by atoms with Crippen molar-refractivity contribution in [2.24, 2.45) is 0 Å². The Bertz CT molecular complexity index is 685. The number of anilines is 1. The molecule has 2 rings (SSSR count). The predicted octanol–water partition coefficient (Wildman–Crippen LogP) is 2.10. The van der Waals surface area contributed by atoms with E-state index in [1.165, 1.54) is 9.78 Å². The molecule has 1 aromatic heterocycles. The van der Waals surface area contributed by atoms with Crippen molar-refractivity contribution in [3.63, 3.8) is 0 Å². The fraction of sp³-hybridized carbons (Fsp3) is 0.333. The standard InChI is InChI=1S/C18H23N3O2S2/c1-4-23-17(22)13-7-9-14(10-8-13)20-18(24)19-12-15(21(2)3)16-6-5-11-25-16/h5-11,15H,4,12H2,1-3H3,(H2,19,20,24)/p+1/t15-/m0/s1. The second-order valence-corrected chi connectivity index (χ2v) is 7.17. The molecule has 5 nitrogen and oxygen atoms in total. The maximum atomic E-state index is 11.6. The molecule has 0 spiro atoms. The van der Waals surface area contributed by atoms with Crippen molar-refractivity contribution >= 4 is 40.3 Å². The van der Waals surface area contributed by atoms with Crippen LogP contribution in [0.2, 0.25) is 0 Å². The van der Waals surface area contributed by atoms with Crippen molar-refractivity contribution in [1.82, 2.24) is 5.32 Å². The smallest absolute Gasteiger partial charge is 0.338 e. The average molecular weight is 379 g/mol. The number of carbonyl (C=O) groups is 1. The summed E-state index contributed by atoms with van der Waals surface area (Å²) in [6.07, 6.45) is 0. The number of hydrogen-bond acceptors (Lipinski definition) is 4. The van der Waals surface area contributed by atoms with Gasteiger partial charge >= 0.3 is 5.97 Å². The molecule has 0 fully saturated rings. The summed E-state index contributed by atoms with van der Waals surface area (Å²) in [5.41, 5.74) is 1.36. The first-order valence-corrected chi connectivity index (χ1v) is 9.45. The number of esters is 1. The van der Waals surface area contributed by atoms with Gasteiger partial charge in [0.05, 0.1) is 37.7 Å². The minimum atomic E-state index is -0.317. The van der Waals surface area contributed by atoms with Crippen molar-refractivity contribution in [2.45, 2.75) is 13.0 Å². The molecule has 7 heteroatoms. The van der Waals surface area contributed by atoms with Crippen molar-refractivity contribution in [3.8, 4) is 0 Å². The minimum absolute atomic E-state index is 0.317. The molecular weight excluding hydrogens is 354 g/mol. The SMILES string of the molecule is CCOC(=O)c1ccc(NC(=S)NC[C@@H](c2cccs2)[NH+](C)C)cc1. The molecular formula is C18H24N3O2S2+. The van der Waals surface area contributed by atoms with Crippen molar-refractivity contribution < 1.29 is 14.4 Å². The molecule has 1 aromatic carbocycles. The van der Waals surface area contributed by atoms with E-state index in [9.17, 15) is 4.79 Å². The predicted molar refractivity (Wildman–Crippen MR) is 106 cm³/mol. The van der Waals surface area contributed by atoms with Gasteiger partial charge in [-0.3, -0.25) is 0 Å². The van der Waals surface area contributed by atoms with Gasteiger partial charge in [-0.05, 0) is 54.9 Å². The first-order valence-electron chi connectivity index (χ1n) is 8.16. The van der Waals surface area contributed by atoms with E-state index in [4.69, 9.17) is 17.0 Å². The lowest BCUT2D eigenvalue weighted by molar-refractivity contribution is -0.890. The summed E-state index contributed by atoms with van der Waals surface area (Å²) in [5.74, 6) is -0.317. The van der Waals surface area contributed by atoms with Crippen molar-refractivity contribution in [2.75, 3.05) is 32.6 Å². The summed E-state index contributed by atoms with van der Waals surface area (Å²) in [7, 11) is 4.27. The van der Waals surface area contributed by atoms with Gasteiger partial charge in [0, 0.05) is 5.69 Å². The fourth-order valence-electron chi connectivity index (χ4n) is 2.35. The number of ether oxygens (including phenoxy) is 1. The number of quaternary nitrogens is 1. The number of thiophene rings is 1. The van der Waals surface area contributed by atoms with Crippen LogP contribution in [-0.2, 0) is 4.74 Å². The highest BCUT2D eigenvalue weighted by molar-refractivity contribution is 7.80. The van der Waals surface area contributed by atoms with E-state index in [-0.39, 0.29) is 5.97 Å². The molecule has 2 aromatic rings. The van der Waals surface area contributed by atoms with E-state index in [1.807, 2.05) is 12.1 Å². The molecule has 0 bridgehead atoms. The Labute approximate surface area is 158 Å². The van der Waals surface area contributed by atoms with Gasteiger partial charge < -0.3 is 20.3 Å². The fourth-order valence-corrected chi connectivity index (χ4v) is 3.51. The Kier molecular flexibility index (Phi) is 7.36. The number of rotatable bonds is 7. The van der Waals surface area contributed by atoms with Crippen LogP contribution in [0.1, 0.15) is 28.2 Å². The van der Waals surface area contributed by atoms with Gasteiger partial charge in [0.25, 0.3) is 0 Å². The third-order valence-corrected chi connectivity index (χ3v) is 4.94. The largest absolute Gasteiger partial charge is 0.462 e. The van der Waals surface area contributed by atoms with Crippen molar-refractivity contribution in [3.05, 3.63) is 52.2 Å². The number of nitrogens with one attached hydrogen (secondary N) is 3. The number of hydrogen-bond donors (Lipinski definition) is 3. The molecule has 0 amide bonds. The molecule has 0 saturated heterocycles.